The number of Topliss-reactive ketones (excluding diaryl/α,β-unsaturated/α-hetero) is 1. The van der Waals surface area contributed by atoms with E-state index in [1.807, 2.05) is 6.92 Å². The zero-order valence-electron chi connectivity index (χ0n) is 10.7. The average Bonchev–Trinajstić information content (AvgIpc) is 2.78. The van der Waals surface area contributed by atoms with Crippen LogP contribution in [-0.4, -0.2) is 47.0 Å². The number of hydrogen-bond donors (Lipinski definition) is 0. The van der Waals surface area contributed by atoms with E-state index >= 15 is 0 Å². The number of urea groups is 1. The molecule has 1 aromatic heterocycles. The Kier molecular flexibility index (Phi) is 3.23. The lowest BCUT2D eigenvalue weighted by Gasteiger charge is -2.11. The molecule has 0 saturated carbocycles. The second-order valence-electron chi connectivity index (χ2n) is 4.29. The number of thiophene rings is 1. The fraction of sp³-hybridized carbons (Fsp3) is 0.333. The molecule has 2 rings (SSSR count). The summed E-state index contributed by atoms with van der Waals surface area (Å²) in [7, 11) is 1.22. The van der Waals surface area contributed by atoms with E-state index in [-0.39, 0.29) is 5.78 Å². The van der Waals surface area contributed by atoms with Crippen molar-refractivity contribution in [2.75, 3.05) is 13.6 Å². The highest BCUT2D eigenvalue weighted by Gasteiger charge is 2.43. The summed E-state index contributed by atoms with van der Waals surface area (Å²) < 4.78 is 0. The molecule has 4 amide bonds. The number of hydrogen-bond acceptors (Lipinski definition) is 5. The molecule has 0 atom stereocenters. The lowest BCUT2D eigenvalue weighted by molar-refractivity contribution is -0.142. The summed E-state index contributed by atoms with van der Waals surface area (Å²) in [5.74, 6) is -2.20. The molecule has 7 heteroatoms. The molecule has 6 nitrogen and oxygen atoms in total. The third-order valence-electron chi connectivity index (χ3n) is 2.89. The Morgan fingerprint density at radius 1 is 1.21 bits per heavy atom. The summed E-state index contributed by atoms with van der Waals surface area (Å²) in [4.78, 5) is 49.8. The maximum Gasteiger partial charge on any atom is 0.334 e. The van der Waals surface area contributed by atoms with Gasteiger partial charge in [-0.2, -0.15) is 0 Å². The molecule has 1 aliphatic rings. The number of nitrogens with zero attached hydrogens (tertiary/aromatic N) is 2. The lowest BCUT2D eigenvalue weighted by atomic mass is 10.1. The monoisotopic (exact) mass is 280 g/mol. The Hall–Kier alpha value is -2.02. The van der Waals surface area contributed by atoms with E-state index in [9.17, 15) is 19.2 Å². The minimum Gasteiger partial charge on any atom is -0.292 e. The summed E-state index contributed by atoms with van der Waals surface area (Å²) in [6.45, 7) is 3.28. The van der Waals surface area contributed by atoms with Gasteiger partial charge in [0.05, 0.1) is 6.54 Å². The number of carbonyl (C=O) groups excluding carboxylic acids is 4. The van der Waals surface area contributed by atoms with Crippen molar-refractivity contribution in [3.63, 3.8) is 0 Å². The normalized spacial score (nSPS) is 15.6. The van der Waals surface area contributed by atoms with E-state index in [2.05, 4.69) is 0 Å². The molecule has 0 aliphatic carbocycles. The molecule has 1 aromatic rings. The summed E-state index contributed by atoms with van der Waals surface area (Å²) in [6.07, 6.45) is 0. The Morgan fingerprint density at radius 3 is 2.26 bits per heavy atom. The van der Waals surface area contributed by atoms with Crippen molar-refractivity contribution >= 4 is 35.0 Å². The molecule has 0 aromatic carbocycles. The van der Waals surface area contributed by atoms with Crippen molar-refractivity contribution in [1.82, 2.24) is 9.80 Å². The first-order valence-electron chi connectivity index (χ1n) is 5.56. The van der Waals surface area contributed by atoms with E-state index in [0.717, 1.165) is 9.75 Å². The minimum absolute atomic E-state index is 0.341. The van der Waals surface area contributed by atoms with Crippen molar-refractivity contribution in [2.45, 2.75) is 13.8 Å². The number of imide groups is 2. The van der Waals surface area contributed by atoms with Gasteiger partial charge in [0.25, 0.3) is 0 Å². The van der Waals surface area contributed by atoms with Crippen LogP contribution in [0.3, 0.4) is 0 Å². The molecule has 0 spiro atoms. The van der Waals surface area contributed by atoms with Crippen LogP contribution in [0.5, 0.6) is 0 Å². The van der Waals surface area contributed by atoms with Crippen molar-refractivity contribution in [2.24, 2.45) is 0 Å². The Labute approximate surface area is 113 Å². The number of aryl methyl sites for hydroxylation is 2. The third-order valence-corrected chi connectivity index (χ3v) is 3.86. The zero-order valence-corrected chi connectivity index (χ0v) is 11.5. The summed E-state index contributed by atoms with van der Waals surface area (Å²) >= 11 is 1.47. The molecule has 1 fully saturated rings. The fourth-order valence-corrected chi connectivity index (χ4v) is 2.83. The minimum atomic E-state index is -0.953. The molecule has 19 heavy (non-hydrogen) atoms. The number of ketones is 1. The van der Waals surface area contributed by atoms with Crippen LogP contribution in [0.15, 0.2) is 6.07 Å². The van der Waals surface area contributed by atoms with Gasteiger partial charge in [0, 0.05) is 22.4 Å². The third kappa shape index (κ3) is 2.17. The quantitative estimate of drug-likeness (QED) is 0.469. The van der Waals surface area contributed by atoms with Crippen LogP contribution < -0.4 is 0 Å². The Morgan fingerprint density at radius 2 is 1.84 bits per heavy atom. The first-order chi connectivity index (χ1) is 8.82. The number of carbonyl (C=O) groups is 4. The van der Waals surface area contributed by atoms with E-state index < -0.39 is 24.4 Å². The Bertz CT molecular complexity index is 605. The molecule has 1 aliphatic heterocycles. The van der Waals surface area contributed by atoms with Crippen LogP contribution in [-0.2, 0) is 9.59 Å². The molecule has 1 saturated heterocycles. The van der Waals surface area contributed by atoms with Crippen LogP contribution in [0, 0.1) is 13.8 Å². The first-order valence-corrected chi connectivity index (χ1v) is 6.38. The molecule has 0 N–H and O–H groups in total. The number of amides is 4. The average molecular weight is 280 g/mol. The van der Waals surface area contributed by atoms with E-state index in [4.69, 9.17) is 0 Å². The molecule has 2 heterocycles. The second kappa shape index (κ2) is 4.58. The highest BCUT2D eigenvalue weighted by atomic mass is 32.1. The Balaban J connectivity index is 2.20. The van der Waals surface area contributed by atoms with Crippen molar-refractivity contribution in [3.05, 3.63) is 21.4 Å². The van der Waals surface area contributed by atoms with Crippen molar-refractivity contribution < 1.29 is 19.2 Å². The van der Waals surface area contributed by atoms with Gasteiger partial charge in [0.15, 0.2) is 5.78 Å². The maximum atomic E-state index is 12.1. The van der Waals surface area contributed by atoms with Crippen LogP contribution >= 0.6 is 11.3 Å². The van der Waals surface area contributed by atoms with Gasteiger partial charge in [-0.05, 0) is 19.9 Å². The molecular formula is C12H12N2O4S. The van der Waals surface area contributed by atoms with E-state index in [1.165, 1.54) is 18.4 Å². The van der Waals surface area contributed by atoms with Crippen LogP contribution in [0.4, 0.5) is 4.79 Å². The molecular weight excluding hydrogens is 268 g/mol. The lowest BCUT2D eigenvalue weighted by Crippen LogP contribution is -2.36. The van der Waals surface area contributed by atoms with Crippen molar-refractivity contribution in [1.29, 1.82) is 0 Å². The summed E-state index contributed by atoms with van der Waals surface area (Å²) in [5.41, 5.74) is 0.491. The van der Waals surface area contributed by atoms with Crippen molar-refractivity contribution in [3.8, 4) is 0 Å². The van der Waals surface area contributed by atoms with Crippen LogP contribution in [0.25, 0.3) is 0 Å². The standard InChI is InChI=1S/C12H12N2O4S/c1-6-4-8(7(2)19-6)9(15)5-14-11(17)10(16)13(3)12(14)18/h4H,5H2,1-3H3. The molecule has 100 valence electrons. The van der Waals surface area contributed by atoms with Gasteiger partial charge in [0.1, 0.15) is 0 Å². The van der Waals surface area contributed by atoms with Gasteiger partial charge >= 0.3 is 17.8 Å². The topological polar surface area (TPSA) is 74.8 Å². The molecule has 0 unspecified atom stereocenters. The number of likely N-dealkylation sites (N-methyl/N-ethyl adjacent to an activating group) is 1. The number of rotatable bonds is 3. The zero-order chi connectivity index (χ0) is 14.3. The smallest absolute Gasteiger partial charge is 0.292 e. The van der Waals surface area contributed by atoms with Crippen LogP contribution in [0.1, 0.15) is 20.1 Å². The van der Waals surface area contributed by atoms with Gasteiger partial charge in [0.2, 0.25) is 0 Å². The van der Waals surface area contributed by atoms with Gasteiger partial charge in [-0.3, -0.25) is 19.3 Å². The highest BCUT2D eigenvalue weighted by Crippen LogP contribution is 2.22. The summed E-state index contributed by atoms with van der Waals surface area (Å²) in [5, 5.41) is 0. The molecule has 0 bridgehead atoms. The van der Waals surface area contributed by atoms with E-state index in [0.29, 0.717) is 15.4 Å². The SMILES string of the molecule is Cc1cc(C(=O)CN2C(=O)C(=O)N(C)C2=O)c(C)s1. The van der Waals surface area contributed by atoms with Gasteiger partial charge in [-0.15, -0.1) is 11.3 Å². The van der Waals surface area contributed by atoms with Gasteiger partial charge in [-0.25, -0.2) is 9.69 Å². The summed E-state index contributed by atoms with van der Waals surface area (Å²) in [6, 6.07) is 0.965. The predicted molar refractivity (Wildman–Crippen MR) is 68.0 cm³/mol. The highest BCUT2D eigenvalue weighted by molar-refractivity contribution is 7.12. The first kappa shape index (κ1) is 13.4. The fourth-order valence-electron chi connectivity index (χ4n) is 1.89. The second-order valence-corrected chi connectivity index (χ2v) is 5.75. The predicted octanol–water partition coefficient (Wildman–Crippen LogP) is 0.968. The molecule has 0 radical (unpaired) electrons. The van der Waals surface area contributed by atoms with E-state index in [1.54, 1.807) is 13.0 Å². The van der Waals surface area contributed by atoms with Crippen LogP contribution in [0.2, 0.25) is 0 Å². The van der Waals surface area contributed by atoms with Gasteiger partial charge in [-0.1, -0.05) is 0 Å². The largest absolute Gasteiger partial charge is 0.334 e. The van der Waals surface area contributed by atoms with Gasteiger partial charge < -0.3 is 0 Å². The maximum absolute atomic E-state index is 12.1.